The van der Waals surface area contributed by atoms with Crippen molar-refractivity contribution in [1.29, 1.82) is 0 Å². The third kappa shape index (κ3) is 4.23. The fraction of sp³-hybridized carbons (Fsp3) is 0.361. The van der Waals surface area contributed by atoms with Crippen molar-refractivity contribution in [2.75, 3.05) is 0 Å². The first kappa shape index (κ1) is 28.4. The van der Waals surface area contributed by atoms with Crippen LogP contribution < -0.4 is 0 Å². The largest absolute Gasteiger partial charge is 0.507 e. The second kappa shape index (κ2) is 9.86. The van der Waals surface area contributed by atoms with Gasteiger partial charge in [0.05, 0.1) is 11.4 Å². The van der Waals surface area contributed by atoms with Gasteiger partial charge in [0.1, 0.15) is 11.5 Å². The number of phenolic OH excluding ortho intramolecular Hbond substituents is 2. The van der Waals surface area contributed by atoms with E-state index in [4.69, 9.17) is 4.98 Å². The summed E-state index contributed by atoms with van der Waals surface area (Å²) in [6.07, 6.45) is 0. The maximum atomic E-state index is 11.4. The van der Waals surface area contributed by atoms with Crippen LogP contribution in [0.5, 0.6) is 11.5 Å². The predicted molar refractivity (Wildman–Crippen MR) is 165 cm³/mol. The molecule has 3 nitrogen and oxygen atoms in total. The maximum Gasteiger partial charge on any atom is 0.128 e. The molecule has 3 heteroatoms. The van der Waals surface area contributed by atoms with Crippen molar-refractivity contribution in [3.8, 4) is 45.1 Å². The molecule has 0 radical (unpaired) electrons. The number of hydrogen-bond donors (Lipinski definition) is 2. The number of phenols is 2. The van der Waals surface area contributed by atoms with E-state index in [2.05, 4.69) is 88.3 Å². The highest BCUT2D eigenvalue weighted by Crippen LogP contribution is 2.45. The van der Waals surface area contributed by atoms with Crippen LogP contribution in [-0.2, 0) is 0 Å². The number of aromatic nitrogens is 1. The maximum absolute atomic E-state index is 11.4. The molecule has 0 aliphatic carbocycles. The van der Waals surface area contributed by atoms with Crippen LogP contribution in [0.3, 0.4) is 0 Å². The van der Waals surface area contributed by atoms with Gasteiger partial charge in [-0.3, -0.25) is 0 Å². The topological polar surface area (TPSA) is 53.4 Å². The van der Waals surface area contributed by atoms with E-state index in [9.17, 15) is 10.2 Å². The van der Waals surface area contributed by atoms with Gasteiger partial charge in [0, 0.05) is 11.1 Å². The molecule has 0 fully saturated rings. The zero-order chi connectivity index (χ0) is 29.2. The number of rotatable bonds is 3. The number of benzene rings is 3. The van der Waals surface area contributed by atoms with Gasteiger partial charge in [-0.25, -0.2) is 4.98 Å². The van der Waals surface area contributed by atoms with E-state index in [1.807, 2.05) is 13.8 Å². The summed E-state index contributed by atoms with van der Waals surface area (Å²) in [6, 6.07) is 4.23. The fourth-order valence-electron chi connectivity index (χ4n) is 6.08. The van der Waals surface area contributed by atoms with Crippen molar-refractivity contribution in [3.05, 3.63) is 84.5 Å². The van der Waals surface area contributed by atoms with Gasteiger partial charge in [-0.15, -0.1) is 0 Å². The van der Waals surface area contributed by atoms with Crippen LogP contribution in [0.25, 0.3) is 33.6 Å². The van der Waals surface area contributed by atoms with E-state index >= 15 is 0 Å². The summed E-state index contributed by atoms with van der Waals surface area (Å²) in [5.41, 5.74) is 19.9. The predicted octanol–water partition coefficient (Wildman–Crippen LogP) is 9.50. The SMILES string of the molecule is Cc1c(C)c(C)c(-c2cc(-c3c(C)c(C)c(C)c(C)c3O)nc(-c3c(C)c(C)c(C)c(C)c3O)c2)c(C)c1C. The molecule has 0 aliphatic heterocycles. The highest BCUT2D eigenvalue weighted by atomic mass is 16.3. The first-order chi connectivity index (χ1) is 18.1. The van der Waals surface area contributed by atoms with Gasteiger partial charge in [-0.05, 0) is 186 Å². The highest BCUT2D eigenvalue weighted by Gasteiger charge is 2.23. The summed E-state index contributed by atoms with van der Waals surface area (Å²) in [6.45, 7) is 27.3. The average Bonchev–Trinajstić information content (AvgIpc) is 2.91. The minimum Gasteiger partial charge on any atom is -0.507 e. The van der Waals surface area contributed by atoms with Crippen molar-refractivity contribution in [1.82, 2.24) is 4.98 Å². The number of pyridine rings is 1. The van der Waals surface area contributed by atoms with Crippen LogP contribution in [0, 0.1) is 90.0 Å². The summed E-state index contributed by atoms with van der Waals surface area (Å²) < 4.78 is 0. The lowest BCUT2D eigenvalue weighted by atomic mass is 9.84. The van der Waals surface area contributed by atoms with Gasteiger partial charge in [0.15, 0.2) is 0 Å². The Morgan fingerprint density at radius 2 is 0.615 bits per heavy atom. The van der Waals surface area contributed by atoms with Gasteiger partial charge < -0.3 is 10.2 Å². The number of aromatic hydroxyl groups is 2. The van der Waals surface area contributed by atoms with Gasteiger partial charge in [0.2, 0.25) is 0 Å². The van der Waals surface area contributed by atoms with Crippen molar-refractivity contribution in [3.63, 3.8) is 0 Å². The van der Waals surface area contributed by atoms with Crippen LogP contribution in [0.15, 0.2) is 12.1 Å². The monoisotopic (exact) mass is 521 g/mol. The van der Waals surface area contributed by atoms with E-state index in [0.29, 0.717) is 11.4 Å². The summed E-state index contributed by atoms with van der Waals surface area (Å²) in [4.78, 5) is 5.17. The summed E-state index contributed by atoms with van der Waals surface area (Å²) in [7, 11) is 0. The zero-order valence-electron chi connectivity index (χ0n) is 26.0. The molecule has 0 saturated carbocycles. The first-order valence-electron chi connectivity index (χ1n) is 13.8. The Morgan fingerprint density at radius 1 is 0.359 bits per heavy atom. The fourth-order valence-corrected chi connectivity index (χ4v) is 6.08. The molecular formula is C36H43NO2. The molecule has 204 valence electrons. The van der Waals surface area contributed by atoms with E-state index < -0.39 is 0 Å². The average molecular weight is 522 g/mol. The second-order valence-electron chi connectivity index (χ2n) is 11.6. The van der Waals surface area contributed by atoms with Crippen LogP contribution in [-0.4, -0.2) is 15.2 Å². The third-order valence-corrected chi connectivity index (χ3v) is 9.94. The summed E-state index contributed by atoms with van der Waals surface area (Å²) in [5, 5.41) is 22.9. The van der Waals surface area contributed by atoms with E-state index in [1.54, 1.807) is 0 Å². The first-order valence-corrected chi connectivity index (χ1v) is 13.8. The lowest BCUT2D eigenvalue weighted by molar-refractivity contribution is 0.471. The number of nitrogens with zero attached hydrogens (tertiary/aromatic N) is 1. The summed E-state index contributed by atoms with van der Waals surface area (Å²) in [5.74, 6) is 0.543. The van der Waals surface area contributed by atoms with Gasteiger partial charge in [0.25, 0.3) is 0 Å². The van der Waals surface area contributed by atoms with Crippen molar-refractivity contribution >= 4 is 0 Å². The van der Waals surface area contributed by atoms with E-state index in [1.165, 1.54) is 33.4 Å². The normalized spacial score (nSPS) is 11.4. The van der Waals surface area contributed by atoms with Gasteiger partial charge in [-0.1, -0.05) is 0 Å². The molecule has 1 heterocycles. The lowest BCUT2D eigenvalue weighted by Crippen LogP contribution is -2.03. The quantitative estimate of drug-likeness (QED) is 0.282. The smallest absolute Gasteiger partial charge is 0.128 e. The third-order valence-electron chi connectivity index (χ3n) is 9.94. The van der Waals surface area contributed by atoms with Crippen LogP contribution in [0.1, 0.15) is 72.3 Å². The Balaban J connectivity index is 2.22. The van der Waals surface area contributed by atoms with E-state index in [-0.39, 0.29) is 11.5 Å². The zero-order valence-corrected chi connectivity index (χ0v) is 26.0. The van der Waals surface area contributed by atoms with Gasteiger partial charge >= 0.3 is 0 Å². The molecule has 0 spiro atoms. The molecule has 0 aliphatic rings. The number of hydrogen-bond acceptors (Lipinski definition) is 3. The minimum atomic E-state index is 0.271. The Kier molecular flexibility index (Phi) is 7.19. The summed E-state index contributed by atoms with van der Waals surface area (Å²) >= 11 is 0. The lowest BCUT2D eigenvalue weighted by Gasteiger charge is -2.23. The second-order valence-corrected chi connectivity index (χ2v) is 11.6. The highest BCUT2D eigenvalue weighted by molar-refractivity contribution is 5.86. The van der Waals surface area contributed by atoms with Crippen molar-refractivity contribution in [2.45, 2.75) is 90.0 Å². The Morgan fingerprint density at radius 3 is 0.949 bits per heavy atom. The molecule has 2 N–H and O–H groups in total. The Hall–Kier alpha value is -3.59. The molecule has 0 unspecified atom stereocenters. The van der Waals surface area contributed by atoms with Crippen LogP contribution in [0.2, 0.25) is 0 Å². The molecule has 0 atom stereocenters. The molecule has 0 saturated heterocycles. The Labute approximate surface area is 234 Å². The molecule has 0 bridgehead atoms. The Bertz CT molecular complexity index is 1390. The van der Waals surface area contributed by atoms with Crippen LogP contribution >= 0.6 is 0 Å². The van der Waals surface area contributed by atoms with Crippen molar-refractivity contribution < 1.29 is 10.2 Å². The molecular weight excluding hydrogens is 478 g/mol. The standard InChI is InChI=1S/C36H43NO2/c1-16-17(2)23(8)32(24(9)18(16)3)29-14-30(33-25(10)19(4)21(6)27(12)35(33)38)37-31(15-29)34-26(11)20(5)22(7)28(13)36(34)39/h14-15,38-39H,1-13H3. The van der Waals surface area contributed by atoms with E-state index in [0.717, 1.165) is 61.2 Å². The van der Waals surface area contributed by atoms with Crippen molar-refractivity contribution in [2.24, 2.45) is 0 Å². The molecule has 0 amide bonds. The molecule has 1 aromatic heterocycles. The minimum absolute atomic E-state index is 0.271. The van der Waals surface area contributed by atoms with Gasteiger partial charge in [-0.2, -0.15) is 0 Å². The molecule has 3 aromatic carbocycles. The molecule has 4 rings (SSSR count). The molecule has 39 heavy (non-hydrogen) atoms. The molecule has 4 aromatic rings. The van der Waals surface area contributed by atoms with Crippen LogP contribution in [0.4, 0.5) is 0 Å².